The number of hydrogen-bond donors (Lipinski definition) is 1. The number of rotatable bonds is 0. The molecular weight excluding hydrogens is 160 g/mol. The summed E-state index contributed by atoms with van der Waals surface area (Å²) in [5, 5.41) is 9.28. The Labute approximate surface area is 71.5 Å². The average Bonchev–Trinajstić information content (AvgIpc) is 2.55. The maximum Gasteiger partial charge on any atom is 0.0977 e. The maximum absolute atomic E-state index is 9.28. The molecule has 0 aromatic rings. The van der Waals surface area contributed by atoms with Gasteiger partial charge >= 0.3 is 0 Å². The predicted molar refractivity (Wildman–Crippen MR) is 45.7 cm³/mol. The van der Waals surface area contributed by atoms with Crippen LogP contribution in [0.3, 0.4) is 0 Å². The van der Waals surface area contributed by atoms with Gasteiger partial charge in [-0.15, -0.1) is 0 Å². The second-order valence-corrected chi connectivity index (χ2v) is 4.17. The molecule has 1 aliphatic heterocycles. The molecule has 0 aromatic heterocycles. The van der Waals surface area contributed by atoms with Gasteiger partial charge in [0.1, 0.15) is 0 Å². The molecular formula is C8H12O2S. The van der Waals surface area contributed by atoms with E-state index in [4.69, 9.17) is 17.0 Å². The zero-order valence-corrected chi connectivity index (χ0v) is 7.36. The molecule has 2 aliphatic rings. The van der Waals surface area contributed by atoms with E-state index in [1.807, 2.05) is 0 Å². The van der Waals surface area contributed by atoms with E-state index >= 15 is 0 Å². The molecule has 1 N–H and O–H groups in total. The third kappa shape index (κ3) is 1.11. The Morgan fingerprint density at radius 2 is 2.27 bits per heavy atom. The number of hydrogen-bond acceptors (Lipinski definition) is 3. The van der Waals surface area contributed by atoms with Crippen molar-refractivity contribution < 1.29 is 9.84 Å². The van der Waals surface area contributed by atoms with Gasteiger partial charge in [-0.3, -0.25) is 0 Å². The van der Waals surface area contributed by atoms with Gasteiger partial charge in [0, 0.05) is 11.3 Å². The lowest BCUT2D eigenvalue weighted by Crippen LogP contribution is -2.35. The second kappa shape index (κ2) is 2.25. The first-order valence-electron chi connectivity index (χ1n) is 3.99. The van der Waals surface area contributed by atoms with Crippen molar-refractivity contribution in [1.82, 2.24) is 0 Å². The highest BCUT2D eigenvalue weighted by Crippen LogP contribution is 2.47. The van der Waals surface area contributed by atoms with Gasteiger partial charge < -0.3 is 9.84 Å². The smallest absolute Gasteiger partial charge is 0.0977 e. The lowest BCUT2D eigenvalue weighted by atomic mass is 9.96. The molecule has 0 aromatic carbocycles. The van der Waals surface area contributed by atoms with E-state index in [2.05, 4.69) is 6.92 Å². The van der Waals surface area contributed by atoms with Crippen LogP contribution in [0, 0.1) is 5.92 Å². The number of aliphatic hydroxyl groups excluding tert-OH is 1. The van der Waals surface area contributed by atoms with Gasteiger partial charge in [-0.25, -0.2) is 0 Å². The van der Waals surface area contributed by atoms with E-state index in [-0.39, 0.29) is 11.7 Å². The highest BCUT2D eigenvalue weighted by Gasteiger charge is 2.57. The molecule has 1 unspecified atom stereocenters. The molecule has 3 atom stereocenters. The zero-order chi connectivity index (χ0) is 8.06. The van der Waals surface area contributed by atoms with Crippen LogP contribution in [0.25, 0.3) is 0 Å². The van der Waals surface area contributed by atoms with Crippen LogP contribution in [0.15, 0.2) is 0 Å². The van der Waals surface area contributed by atoms with Gasteiger partial charge in [-0.1, -0.05) is 19.1 Å². The largest absolute Gasteiger partial charge is 0.390 e. The van der Waals surface area contributed by atoms with Gasteiger partial charge in [0.2, 0.25) is 0 Å². The first kappa shape index (κ1) is 7.65. The Balaban J connectivity index is 2.05. The van der Waals surface area contributed by atoms with Gasteiger partial charge in [0.15, 0.2) is 0 Å². The molecule has 0 bridgehead atoms. The standard InChI is InChI=1S/C8H12O2S/c1-5-2-8(3-7(8)9)10-4-6(5)11/h5,7,9H,2-4H2,1H3/t5-,7?,8+/m0/s1. The van der Waals surface area contributed by atoms with Crippen LogP contribution in [0.2, 0.25) is 0 Å². The molecule has 2 rings (SSSR count). The Morgan fingerprint density at radius 3 is 2.73 bits per heavy atom. The summed E-state index contributed by atoms with van der Waals surface area (Å²) in [6.45, 7) is 2.67. The molecule has 0 amide bonds. The fourth-order valence-electron chi connectivity index (χ4n) is 1.69. The van der Waals surface area contributed by atoms with Crippen LogP contribution >= 0.6 is 12.2 Å². The summed E-state index contributed by atoms with van der Waals surface area (Å²) in [7, 11) is 0. The van der Waals surface area contributed by atoms with Gasteiger partial charge in [-0.2, -0.15) is 0 Å². The lowest BCUT2D eigenvalue weighted by Gasteiger charge is -2.28. The third-order valence-electron chi connectivity index (χ3n) is 2.69. The van der Waals surface area contributed by atoms with Crippen LogP contribution in [0.4, 0.5) is 0 Å². The molecule has 1 saturated carbocycles. The number of ether oxygens (including phenoxy) is 1. The lowest BCUT2D eigenvalue weighted by molar-refractivity contribution is -0.00367. The van der Waals surface area contributed by atoms with E-state index in [1.54, 1.807) is 0 Å². The molecule has 0 radical (unpaired) electrons. The van der Waals surface area contributed by atoms with Crippen molar-refractivity contribution >= 4 is 17.1 Å². The Hall–Kier alpha value is 0.01000. The summed E-state index contributed by atoms with van der Waals surface area (Å²) in [6, 6.07) is 0. The summed E-state index contributed by atoms with van der Waals surface area (Å²) < 4.78 is 5.48. The first-order chi connectivity index (χ1) is 5.14. The molecule has 11 heavy (non-hydrogen) atoms. The highest BCUT2D eigenvalue weighted by molar-refractivity contribution is 7.80. The number of aliphatic hydroxyl groups is 1. The maximum atomic E-state index is 9.28. The normalized spacial score (nSPS) is 49.8. The minimum Gasteiger partial charge on any atom is -0.390 e. The molecule has 1 spiro atoms. The van der Waals surface area contributed by atoms with E-state index < -0.39 is 0 Å². The van der Waals surface area contributed by atoms with Gasteiger partial charge in [0.05, 0.1) is 18.3 Å². The third-order valence-corrected chi connectivity index (χ3v) is 3.21. The summed E-state index contributed by atoms with van der Waals surface area (Å²) in [6.07, 6.45) is 1.49. The fraction of sp³-hybridized carbons (Fsp3) is 0.875. The van der Waals surface area contributed by atoms with Gasteiger partial charge in [-0.05, 0) is 12.3 Å². The topological polar surface area (TPSA) is 29.5 Å². The molecule has 2 fully saturated rings. The van der Waals surface area contributed by atoms with Gasteiger partial charge in [0.25, 0.3) is 0 Å². The highest BCUT2D eigenvalue weighted by atomic mass is 32.1. The van der Waals surface area contributed by atoms with Crippen LogP contribution in [-0.4, -0.2) is 28.3 Å². The van der Waals surface area contributed by atoms with E-state index in [1.165, 1.54) is 0 Å². The van der Waals surface area contributed by atoms with E-state index in [0.717, 1.165) is 17.7 Å². The summed E-state index contributed by atoms with van der Waals surface area (Å²) in [4.78, 5) is 0.995. The van der Waals surface area contributed by atoms with Crippen molar-refractivity contribution in [1.29, 1.82) is 0 Å². The monoisotopic (exact) mass is 172 g/mol. The molecule has 62 valence electrons. The van der Waals surface area contributed by atoms with E-state index in [0.29, 0.717) is 12.5 Å². The molecule has 1 saturated heterocycles. The zero-order valence-electron chi connectivity index (χ0n) is 6.54. The van der Waals surface area contributed by atoms with Crippen molar-refractivity contribution in [3.05, 3.63) is 0 Å². The minimum atomic E-state index is -0.229. The Bertz CT molecular complexity index is 204. The fourth-order valence-corrected chi connectivity index (χ4v) is 1.83. The molecule has 1 heterocycles. The van der Waals surface area contributed by atoms with Crippen molar-refractivity contribution in [2.75, 3.05) is 6.61 Å². The average molecular weight is 172 g/mol. The first-order valence-corrected chi connectivity index (χ1v) is 4.40. The summed E-state index contributed by atoms with van der Waals surface area (Å²) >= 11 is 5.09. The Morgan fingerprint density at radius 1 is 1.64 bits per heavy atom. The van der Waals surface area contributed by atoms with Crippen molar-refractivity contribution in [3.8, 4) is 0 Å². The van der Waals surface area contributed by atoms with Crippen LogP contribution in [-0.2, 0) is 4.74 Å². The molecule has 1 aliphatic carbocycles. The van der Waals surface area contributed by atoms with Crippen molar-refractivity contribution in [3.63, 3.8) is 0 Å². The van der Waals surface area contributed by atoms with E-state index in [9.17, 15) is 5.11 Å². The minimum absolute atomic E-state index is 0.193. The summed E-state index contributed by atoms with van der Waals surface area (Å²) in [5.41, 5.74) is -0.193. The second-order valence-electron chi connectivity index (χ2n) is 3.64. The van der Waals surface area contributed by atoms with Crippen molar-refractivity contribution in [2.45, 2.75) is 31.5 Å². The molecule has 2 nitrogen and oxygen atoms in total. The molecule has 3 heteroatoms. The number of thiocarbonyl (C=S) groups is 1. The van der Waals surface area contributed by atoms with Crippen LogP contribution in [0.5, 0.6) is 0 Å². The van der Waals surface area contributed by atoms with Crippen LogP contribution < -0.4 is 0 Å². The summed E-state index contributed by atoms with van der Waals surface area (Å²) in [5.74, 6) is 0.441. The quantitative estimate of drug-likeness (QED) is 0.551. The van der Waals surface area contributed by atoms with Crippen molar-refractivity contribution in [2.24, 2.45) is 5.92 Å². The van der Waals surface area contributed by atoms with Crippen LogP contribution in [0.1, 0.15) is 19.8 Å². The predicted octanol–water partition coefficient (Wildman–Crippen LogP) is 0.916. The Kier molecular flexibility index (Phi) is 1.56. The SMILES string of the molecule is C[C@H]1C[C@]2(CC2O)OCC1=S.